The van der Waals surface area contributed by atoms with Crippen LogP contribution in [0, 0.1) is 0 Å². The maximum absolute atomic E-state index is 9.76. The summed E-state index contributed by atoms with van der Waals surface area (Å²) in [5.41, 5.74) is 0. The van der Waals surface area contributed by atoms with Crippen LogP contribution in [-0.2, 0) is 19.3 Å². The molecule has 0 aliphatic carbocycles. The first kappa shape index (κ1) is 13.4. The van der Waals surface area contributed by atoms with Gasteiger partial charge in [0.15, 0.2) is 0 Å². The molecule has 0 spiro atoms. The van der Waals surface area contributed by atoms with Crippen LogP contribution in [0.15, 0.2) is 0 Å². The van der Waals surface area contributed by atoms with Crippen LogP contribution in [0.5, 0.6) is 0 Å². The van der Waals surface area contributed by atoms with Gasteiger partial charge in [-0.3, -0.25) is 4.18 Å². The molecule has 0 radical (unpaired) electrons. The van der Waals surface area contributed by atoms with Gasteiger partial charge in [0.1, 0.15) is 0 Å². The summed E-state index contributed by atoms with van der Waals surface area (Å²) in [6.45, 7) is 2.14. The van der Waals surface area contributed by atoms with Crippen LogP contribution in [0.25, 0.3) is 0 Å². The first-order chi connectivity index (χ1) is 4.56. The van der Waals surface area contributed by atoms with Gasteiger partial charge in [-0.05, 0) is 6.92 Å². The van der Waals surface area contributed by atoms with Crippen molar-refractivity contribution in [3.63, 3.8) is 0 Å². The van der Waals surface area contributed by atoms with Crippen molar-refractivity contribution in [3.8, 4) is 0 Å². The van der Waals surface area contributed by atoms with Crippen LogP contribution in [-0.4, -0.2) is 32.8 Å². The van der Waals surface area contributed by atoms with Crippen molar-refractivity contribution in [2.75, 3.05) is 19.8 Å². The average molecular weight is 185 g/mol. The van der Waals surface area contributed by atoms with Crippen molar-refractivity contribution < 1.29 is 21.9 Å². The molecular formula is C5H13O5S-. The zero-order chi connectivity index (χ0) is 8.04. The van der Waals surface area contributed by atoms with Crippen molar-refractivity contribution in [1.29, 1.82) is 0 Å². The molecule has 0 fully saturated rings. The van der Waals surface area contributed by atoms with E-state index in [-0.39, 0.29) is 20.6 Å². The molecule has 0 aliphatic rings. The lowest BCUT2D eigenvalue weighted by molar-refractivity contribution is 0.106. The van der Waals surface area contributed by atoms with Crippen LogP contribution in [0.3, 0.4) is 0 Å². The van der Waals surface area contributed by atoms with Gasteiger partial charge in [0, 0.05) is 6.61 Å². The Morgan fingerprint density at radius 2 is 1.91 bits per heavy atom. The highest BCUT2D eigenvalue weighted by Crippen LogP contribution is 1.84. The van der Waals surface area contributed by atoms with E-state index in [9.17, 15) is 13.0 Å². The topological polar surface area (TPSA) is 75.7 Å². The average Bonchev–Trinajstić information content (AvgIpc) is 1.78. The van der Waals surface area contributed by atoms with Gasteiger partial charge in [-0.25, -0.2) is 8.42 Å². The predicted molar refractivity (Wildman–Crippen MR) is 38.9 cm³/mol. The Labute approximate surface area is 67.3 Å². The zero-order valence-corrected chi connectivity index (χ0v) is 6.39. The monoisotopic (exact) mass is 185 g/mol. The SMILES string of the molecule is C.CCOCCOS(=O)(=O)[O-]. The molecule has 0 saturated carbocycles. The summed E-state index contributed by atoms with van der Waals surface area (Å²) in [6, 6.07) is 0. The normalized spacial score (nSPS) is 10.7. The summed E-state index contributed by atoms with van der Waals surface area (Å²) in [4.78, 5) is 0. The highest BCUT2D eigenvalue weighted by Gasteiger charge is 1.92. The molecule has 0 heterocycles. The maximum atomic E-state index is 9.76. The summed E-state index contributed by atoms with van der Waals surface area (Å²) >= 11 is 0. The molecule has 0 aromatic carbocycles. The van der Waals surface area contributed by atoms with E-state index in [1.54, 1.807) is 6.92 Å². The van der Waals surface area contributed by atoms with Crippen LogP contribution in [0.1, 0.15) is 14.4 Å². The van der Waals surface area contributed by atoms with E-state index >= 15 is 0 Å². The Morgan fingerprint density at radius 3 is 2.27 bits per heavy atom. The molecule has 0 rings (SSSR count). The molecule has 70 valence electrons. The lowest BCUT2D eigenvalue weighted by atomic mass is 10.8. The summed E-state index contributed by atoms with van der Waals surface area (Å²) in [5, 5.41) is 0. The van der Waals surface area contributed by atoms with Crippen LogP contribution in [0.4, 0.5) is 0 Å². The van der Waals surface area contributed by atoms with Crippen molar-refractivity contribution in [1.82, 2.24) is 0 Å². The van der Waals surface area contributed by atoms with Gasteiger partial charge < -0.3 is 9.29 Å². The van der Waals surface area contributed by atoms with Gasteiger partial charge in [-0.2, -0.15) is 0 Å². The van der Waals surface area contributed by atoms with E-state index in [1.165, 1.54) is 0 Å². The third kappa shape index (κ3) is 12.9. The standard InChI is InChI=1S/C4H10O5S.CH4/c1-2-8-3-4-9-10(5,6)7;/h2-4H2,1H3,(H,5,6,7);1H4/p-1. The highest BCUT2D eigenvalue weighted by atomic mass is 32.3. The van der Waals surface area contributed by atoms with Crippen molar-refractivity contribution in [2.45, 2.75) is 14.4 Å². The maximum Gasteiger partial charge on any atom is 0.217 e. The second-order valence-electron chi connectivity index (χ2n) is 1.43. The fourth-order valence-corrected chi connectivity index (χ4v) is 0.612. The van der Waals surface area contributed by atoms with Crippen LogP contribution in [0.2, 0.25) is 0 Å². The largest absolute Gasteiger partial charge is 0.726 e. The number of hydrogen-bond donors (Lipinski definition) is 0. The second-order valence-corrected chi connectivity index (χ2v) is 2.48. The Morgan fingerprint density at radius 1 is 1.36 bits per heavy atom. The van der Waals surface area contributed by atoms with E-state index in [4.69, 9.17) is 4.74 Å². The molecule has 6 heteroatoms. The van der Waals surface area contributed by atoms with Crippen molar-refractivity contribution in [3.05, 3.63) is 0 Å². The summed E-state index contributed by atoms with van der Waals surface area (Å²) in [5.74, 6) is 0. The smallest absolute Gasteiger partial charge is 0.217 e. The van der Waals surface area contributed by atoms with Crippen LogP contribution >= 0.6 is 0 Å². The van der Waals surface area contributed by atoms with E-state index in [1.807, 2.05) is 0 Å². The lowest BCUT2D eigenvalue weighted by Crippen LogP contribution is -2.09. The van der Waals surface area contributed by atoms with Crippen LogP contribution < -0.4 is 0 Å². The molecule has 0 N–H and O–H groups in total. The minimum absolute atomic E-state index is 0. The molecule has 11 heavy (non-hydrogen) atoms. The third-order valence-corrected chi connectivity index (χ3v) is 1.11. The molecule has 0 aromatic heterocycles. The molecule has 0 atom stereocenters. The predicted octanol–water partition coefficient (Wildman–Crippen LogP) is 0.136. The van der Waals surface area contributed by atoms with Gasteiger partial charge >= 0.3 is 0 Å². The number of hydrogen-bond acceptors (Lipinski definition) is 5. The first-order valence-corrected chi connectivity index (χ1v) is 4.07. The van der Waals surface area contributed by atoms with E-state index in [0.29, 0.717) is 6.61 Å². The molecule has 5 nitrogen and oxygen atoms in total. The number of rotatable bonds is 5. The van der Waals surface area contributed by atoms with Crippen molar-refractivity contribution in [2.24, 2.45) is 0 Å². The molecule has 0 bridgehead atoms. The zero-order valence-electron chi connectivity index (χ0n) is 5.57. The highest BCUT2D eigenvalue weighted by molar-refractivity contribution is 7.80. The molecule has 0 unspecified atom stereocenters. The third-order valence-electron chi connectivity index (χ3n) is 0.659. The molecule has 0 aliphatic heterocycles. The molecule has 0 amide bonds. The summed E-state index contributed by atoms with van der Waals surface area (Å²) < 4.78 is 37.8. The Balaban J connectivity index is 0. The van der Waals surface area contributed by atoms with E-state index < -0.39 is 10.4 Å². The fourth-order valence-electron chi connectivity index (χ4n) is 0.339. The molecule has 0 saturated heterocycles. The molecule has 0 aromatic rings. The first-order valence-electron chi connectivity index (χ1n) is 2.74. The summed E-state index contributed by atoms with van der Waals surface area (Å²) in [6.07, 6.45) is 0. The Kier molecular flexibility index (Phi) is 7.97. The lowest BCUT2D eigenvalue weighted by Gasteiger charge is -2.06. The summed E-state index contributed by atoms with van der Waals surface area (Å²) in [7, 11) is -4.53. The van der Waals surface area contributed by atoms with E-state index in [0.717, 1.165) is 0 Å². The Hall–Kier alpha value is -0.170. The number of ether oxygens (including phenoxy) is 1. The minimum Gasteiger partial charge on any atom is -0.726 e. The van der Waals surface area contributed by atoms with Gasteiger partial charge in [0.05, 0.1) is 13.2 Å². The quantitative estimate of drug-likeness (QED) is 0.346. The van der Waals surface area contributed by atoms with Crippen molar-refractivity contribution >= 4 is 10.4 Å². The molecular weight excluding hydrogens is 172 g/mol. The Bertz CT molecular complexity index is 162. The van der Waals surface area contributed by atoms with Gasteiger partial charge in [0.25, 0.3) is 0 Å². The second kappa shape index (κ2) is 6.53. The van der Waals surface area contributed by atoms with Gasteiger partial charge in [-0.1, -0.05) is 7.43 Å². The minimum atomic E-state index is -4.53. The van der Waals surface area contributed by atoms with Gasteiger partial charge in [-0.15, -0.1) is 0 Å². The van der Waals surface area contributed by atoms with Gasteiger partial charge in [0.2, 0.25) is 10.4 Å². The fraction of sp³-hybridized carbons (Fsp3) is 1.00. The van der Waals surface area contributed by atoms with E-state index in [2.05, 4.69) is 4.18 Å².